The van der Waals surface area contributed by atoms with Gasteiger partial charge in [0.15, 0.2) is 0 Å². The minimum atomic E-state index is 0.00958. The van der Waals surface area contributed by atoms with Gasteiger partial charge < -0.3 is 9.47 Å². The summed E-state index contributed by atoms with van der Waals surface area (Å²) in [6.07, 6.45) is 0.968. The number of rotatable bonds is 6. The van der Waals surface area contributed by atoms with Crippen LogP contribution in [0.25, 0.3) is 0 Å². The van der Waals surface area contributed by atoms with Gasteiger partial charge in [0.25, 0.3) is 0 Å². The zero-order chi connectivity index (χ0) is 13.7. The number of carbonyl (C=O) groups is 1. The zero-order valence-electron chi connectivity index (χ0n) is 11.0. The number of hydrogen-bond donors (Lipinski definition) is 0. The van der Waals surface area contributed by atoms with E-state index in [1.165, 1.54) is 11.3 Å². The average Bonchev–Trinajstić information content (AvgIpc) is 2.94. The summed E-state index contributed by atoms with van der Waals surface area (Å²) in [6.45, 7) is 2.75. The van der Waals surface area contributed by atoms with Gasteiger partial charge in [-0.05, 0) is 30.7 Å². The molecule has 0 bridgehead atoms. The molecular weight excluding hydrogens is 260 g/mol. The van der Waals surface area contributed by atoms with Crippen molar-refractivity contribution in [2.45, 2.75) is 13.3 Å². The van der Waals surface area contributed by atoms with Crippen molar-refractivity contribution in [2.75, 3.05) is 13.7 Å². The smallest absolute Gasteiger partial charge is 0.203 e. The molecule has 0 N–H and O–H groups in total. The van der Waals surface area contributed by atoms with Gasteiger partial charge in [-0.2, -0.15) is 0 Å². The first-order chi connectivity index (χ1) is 9.24. The monoisotopic (exact) mass is 276 g/mol. The molecule has 19 heavy (non-hydrogen) atoms. The van der Waals surface area contributed by atoms with Crippen LogP contribution in [0.3, 0.4) is 0 Å². The number of benzene rings is 1. The molecule has 0 unspecified atom stereocenters. The fraction of sp³-hybridized carbons (Fsp3) is 0.267. The maximum absolute atomic E-state index is 12.2. The second kappa shape index (κ2) is 6.38. The van der Waals surface area contributed by atoms with E-state index in [0.717, 1.165) is 17.9 Å². The topological polar surface area (TPSA) is 35.5 Å². The van der Waals surface area contributed by atoms with Crippen LogP contribution in [0.4, 0.5) is 0 Å². The van der Waals surface area contributed by atoms with Gasteiger partial charge in [0.2, 0.25) is 5.78 Å². The van der Waals surface area contributed by atoms with Crippen molar-refractivity contribution >= 4 is 17.1 Å². The fourth-order valence-electron chi connectivity index (χ4n) is 1.61. The summed E-state index contributed by atoms with van der Waals surface area (Å²) in [5.41, 5.74) is 0.661. The molecule has 2 aromatic rings. The number of ether oxygens (including phenoxy) is 2. The third-order valence-corrected chi connectivity index (χ3v) is 3.53. The molecule has 3 nitrogen and oxygen atoms in total. The average molecular weight is 276 g/mol. The lowest BCUT2D eigenvalue weighted by Crippen LogP contribution is -1.99. The molecule has 0 saturated carbocycles. The summed E-state index contributed by atoms with van der Waals surface area (Å²) in [5.74, 6) is 1.52. The second-order valence-electron chi connectivity index (χ2n) is 4.05. The highest BCUT2D eigenvalue weighted by Gasteiger charge is 2.12. The van der Waals surface area contributed by atoms with Gasteiger partial charge in [0, 0.05) is 17.0 Å². The van der Waals surface area contributed by atoms with Crippen molar-refractivity contribution in [1.29, 1.82) is 0 Å². The van der Waals surface area contributed by atoms with E-state index in [9.17, 15) is 4.79 Å². The van der Waals surface area contributed by atoms with E-state index in [1.807, 2.05) is 17.5 Å². The van der Waals surface area contributed by atoms with Crippen LogP contribution in [-0.2, 0) is 0 Å². The molecule has 1 aromatic heterocycles. The number of ketones is 1. The Morgan fingerprint density at radius 3 is 2.53 bits per heavy atom. The Kier molecular flexibility index (Phi) is 4.58. The Balaban J connectivity index is 2.10. The predicted molar refractivity (Wildman–Crippen MR) is 76.5 cm³/mol. The molecule has 0 atom stereocenters. The zero-order valence-corrected chi connectivity index (χ0v) is 11.8. The number of thiophene rings is 1. The van der Waals surface area contributed by atoms with E-state index < -0.39 is 0 Å². The molecule has 0 saturated heterocycles. The molecule has 0 aliphatic carbocycles. The van der Waals surface area contributed by atoms with Crippen LogP contribution in [0.2, 0.25) is 0 Å². The lowest BCUT2D eigenvalue weighted by atomic mass is 10.1. The van der Waals surface area contributed by atoms with Gasteiger partial charge in [-0.25, -0.2) is 0 Å². The van der Waals surface area contributed by atoms with Gasteiger partial charge in [-0.15, -0.1) is 11.3 Å². The van der Waals surface area contributed by atoms with Crippen molar-refractivity contribution in [3.8, 4) is 11.5 Å². The lowest BCUT2D eigenvalue weighted by molar-refractivity contribution is 0.104. The Morgan fingerprint density at radius 2 is 1.95 bits per heavy atom. The quantitative estimate of drug-likeness (QED) is 0.753. The van der Waals surface area contributed by atoms with Gasteiger partial charge in [0.05, 0.1) is 18.6 Å². The molecule has 100 valence electrons. The predicted octanol–water partition coefficient (Wildman–Crippen LogP) is 3.78. The number of carbonyl (C=O) groups excluding carboxylic acids is 1. The summed E-state index contributed by atoms with van der Waals surface area (Å²) >= 11 is 1.39. The van der Waals surface area contributed by atoms with Crippen LogP contribution >= 0.6 is 11.3 Å². The minimum Gasteiger partial charge on any atom is -0.496 e. The minimum absolute atomic E-state index is 0.00958. The first-order valence-corrected chi connectivity index (χ1v) is 7.02. The van der Waals surface area contributed by atoms with Gasteiger partial charge in [-0.3, -0.25) is 4.79 Å². The fourth-order valence-corrected chi connectivity index (χ4v) is 2.43. The van der Waals surface area contributed by atoms with Crippen LogP contribution in [0.1, 0.15) is 28.6 Å². The molecule has 4 heteroatoms. The van der Waals surface area contributed by atoms with Gasteiger partial charge in [0.1, 0.15) is 11.5 Å². The van der Waals surface area contributed by atoms with Crippen molar-refractivity contribution in [1.82, 2.24) is 0 Å². The Morgan fingerprint density at radius 1 is 1.21 bits per heavy atom. The molecule has 0 aliphatic rings. The molecular formula is C15H16O3S. The van der Waals surface area contributed by atoms with Crippen molar-refractivity contribution in [3.63, 3.8) is 0 Å². The molecule has 0 spiro atoms. The molecule has 2 rings (SSSR count). The van der Waals surface area contributed by atoms with Crippen LogP contribution in [0.15, 0.2) is 35.7 Å². The maximum Gasteiger partial charge on any atom is 0.203 e. The van der Waals surface area contributed by atoms with E-state index in [-0.39, 0.29) is 5.78 Å². The molecule has 0 amide bonds. The number of hydrogen-bond acceptors (Lipinski definition) is 4. The first kappa shape index (κ1) is 13.6. The third-order valence-electron chi connectivity index (χ3n) is 2.62. The Labute approximate surface area is 116 Å². The summed E-state index contributed by atoms with van der Waals surface area (Å²) < 4.78 is 10.6. The largest absolute Gasteiger partial charge is 0.496 e. The van der Waals surface area contributed by atoms with E-state index in [2.05, 4.69) is 6.92 Å². The van der Waals surface area contributed by atoms with Crippen molar-refractivity contribution in [3.05, 3.63) is 46.2 Å². The lowest BCUT2D eigenvalue weighted by Gasteiger charge is -2.04. The third kappa shape index (κ3) is 3.35. The highest BCUT2D eigenvalue weighted by Crippen LogP contribution is 2.24. The molecule has 0 radical (unpaired) electrons. The summed E-state index contributed by atoms with van der Waals surface area (Å²) in [6, 6.07) is 9.00. The summed E-state index contributed by atoms with van der Waals surface area (Å²) in [7, 11) is 1.59. The molecule has 1 aromatic carbocycles. The SMILES string of the molecule is CCCOc1ccc(C(=O)c2cc(OC)cs2)cc1. The summed E-state index contributed by atoms with van der Waals surface area (Å²) in [4.78, 5) is 12.9. The van der Waals surface area contributed by atoms with Crippen LogP contribution < -0.4 is 9.47 Å². The Hall–Kier alpha value is -1.81. The van der Waals surface area contributed by atoms with E-state index in [0.29, 0.717) is 17.0 Å². The molecule has 0 aliphatic heterocycles. The normalized spacial score (nSPS) is 10.2. The van der Waals surface area contributed by atoms with Crippen molar-refractivity contribution in [2.24, 2.45) is 0 Å². The molecule has 0 fully saturated rings. The second-order valence-corrected chi connectivity index (χ2v) is 4.96. The maximum atomic E-state index is 12.2. The van der Waals surface area contributed by atoms with Gasteiger partial charge in [-0.1, -0.05) is 6.92 Å². The van der Waals surface area contributed by atoms with Crippen LogP contribution in [-0.4, -0.2) is 19.5 Å². The van der Waals surface area contributed by atoms with Crippen molar-refractivity contribution < 1.29 is 14.3 Å². The first-order valence-electron chi connectivity index (χ1n) is 6.14. The highest BCUT2D eigenvalue weighted by molar-refractivity contribution is 7.12. The van der Waals surface area contributed by atoms with E-state index in [1.54, 1.807) is 25.3 Å². The van der Waals surface area contributed by atoms with Crippen LogP contribution in [0, 0.1) is 0 Å². The summed E-state index contributed by atoms with van der Waals surface area (Å²) in [5, 5.41) is 1.83. The van der Waals surface area contributed by atoms with Crippen LogP contribution in [0.5, 0.6) is 11.5 Å². The van der Waals surface area contributed by atoms with E-state index in [4.69, 9.17) is 9.47 Å². The Bertz CT molecular complexity index is 543. The highest BCUT2D eigenvalue weighted by atomic mass is 32.1. The van der Waals surface area contributed by atoms with E-state index >= 15 is 0 Å². The molecule has 1 heterocycles. The number of methoxy groups -OCH3 is 1. The van der Waals surface area contributed by atoms with Gasteiger partial charge >= 0.3 is 0 Å². The standard InChI is InChI=1S/C15H16O3S/c1-3-8-18-12-6-4-11(5-7-12)15(16)14-9-13(17-2)10-19-14/h4-7,9-10H,3,8H2,1-2H3.